The van der Waals surface area contributed by atoms with Crippen molar-refractivity contribution in [3.8, 4) is 11.3 Å². The minimum Gasteiger partial charge on any atom is -0.358 e. The van der Waals surface area contributed by atoms with Gasteiger partial charge in [0.1, 0.15) is 18.2 Å². The van der Waals surface area contributed by atoms with Gasteiger partial charge in [0, 0.05) is 44.9 Å². The molecule has 2 aliphatic rings. The molecule has 41 heavy (non-hydrogen) atoms. The van der Waals surface area contributed by atoms with Crippen molar-refractivity contribution in [2.75, 3.05) is 24.5 Å². The fourth-order valence-corrected chi connectivity index (χ4v) is 6.05. The molecule has 4 heterocycles. The second kappa shape index (κ2) is 12.3. The van der Waals surface area contributed by atoms with Crippen LogP contribution in [0.5, 0.6) is 0 Å². The van der Waals surface area contributed by atoms with Gasteiger partial charge in [0.15, 0.2) is 11.6 Å². The quantitative estimate of drug-likeness (QED) is 0.392. The number of aromatic nitrogens is 3. The number of nitrogens with one attached hydrogen (secondary N) is 1. The van der Waals surface area contributed by atoms with Crippen LogP contribution in [0, 0.1) is 11.8 Å². The van der Waals surface area contributed by atoms with Crippen LogP contribution in [0.15, 0.2) is 47.1 Å². The Morgan fingerprint density at radius 3 is 2.41 bits per heavy atom. The fraction of sp³-hybridized carbons (Fsp3) is 0.516. The van der Waals surface area contributed by atoms with Crippen molar-refractivity contribution in [2.45, 2.75) is 64.5 Å². The smallest absolute Gasteiger partial charge is 0.243 e. The lowest BCUT2D eigenvalue weighted by Crippen LogP contribution is -2.48. The van der Waals surface area contributed by atoms with E-state index in [4.69, 9.17) is 4.52 Å². The number of hydrogen-bond donors (Lipinski definition) is 1. The number of anilines is 1. The van der Waals surface area contributed by atoms with E-state index in [9.17, 15) is 14.4 Å². The Bertz CT molecular complexity index is 1350. The largest absolute Gasteiger partial charge is 0.358 e. The third-order valence-electron chi connectivity index (χ3n) is 8.54. The number of benzene rings is 1. The van der Waals surface area contributed by atoms with E-state index in [1.54, 1.807) is 11.1 Å². The first-order valence-electron chi connectivity index (χ1n) is 14.6. The van der Waals surface area contributed by atoms with Crippen LogP contribution < -0.4 is 10.2 Å². The molecule has 2 fully saturated rings. The molecule has 0 aliphatic carbocycles. The number of carbonyl (C=O) groups excluding carboxylic acids is 3. The Labute approximate surface area is 241 Å². The SMILES string of the molecule is CC(C)[C@@H](C(=O)N1CCC[C@H]1C(=O)N[C@@H](C)c1ccc(-c2ccnn2C)cc1)c1cc(N2CCC(C=O)CC2)no1. The van der Waals surface area contributed by atoms with Gasteiger partial charge in [-0.25, -0.2) is 0 Å². The highest BCUT2D eigenvalue weighted by atomic mass is 16.5. The summed E-state index contributed by atoms with van der Waals surface area (Å²) in [5.41, 5.74) is 3.07. The van der Waals surface area contributed by atoms with Crippen LogP contribution in [-0.4, -0.2) is 63.6 Å². The zero-order valence-corrected chi connectivity index (χ0v) is 24.3. The topological polar surface area (TPSA) is 114 Å². The maximum Gasteiger partial charge on any atom is 0.243 e. The lowest BCUT2D eigenvalue weighted by Gasteiger charge is -2.30. The van der Waals surface area contributed by atoms with Crippen molar-refractivity contribution in [3.05, 3.63) is 53.9 Å². The second-order valence-electron chi connectivity index (χ2n) is 11.7. The van der Waals surface area contributed by atoms with Crippen LogP contribution in [0.3, 0.4) is 0 Å². The van der Waals surface area contributed by atoms with Crippen LogP contribution in [0.1, 0.15) is 69.7 Å². The first-order valence-corrected chi connectivity index (χ1v) is 14.6. The van der Waals surface area contributed by atoms with Crippen LogP contribution in [0.2, 0.25) is 0 Å². The third-order valence-corrected chi connectivity index (χ3v) is 8.54. The molecule has 3 atom stereocenters. The molecular weight excluding hydrogens is 520 g/mol. The van der Waals surface area contributed by atoms with Gasteiger partial charge < -0.3 is 24.4 Å². The van der Waals surface area contributed by atoms with Gasteiger partial charge in [-0.1, -0.05) is 43.3 Å². The zero-order chi connectivity index (χ0) is 29.1. The first kappa shape index (κ1) is 28.6. The lowest BCUT2D eigenvalue weighted by atomic mass is 9.91. The minimum absolute atomic E-state index is 0.0368. The number of piperidine rings is 1. The summed E-state index contributed by atoms with van der Waals surface area (Å²) >= 11 is 0. The average Bonchev–Trinajstić information content (AvgIpc) is 3.74. The molecule has 0 spiro atoms. The standard InChI is InChI=1S/C31H40N6O4/c1-20(2)29(27-18-28(34-41-27)36-16-12-22(19-38)13-17-36)31(40)37-15-5-6-26(37)30(39)33-21(3)23-7-9-24(10-8-23)25-11-14-32-35(25)4/h7-11,14,18-22,26,29H,5-6,12-13,15-17H2,1-4H3,(H,33,39)/t21-,26-,29+/m0/s1. The highest BCUT2D eigenvalue weighted by molar-refractivity contribution is 5.91. The second-order valence-corrected chi connectivity index (χ2v) is 11.7. The molecule has 0 radical (unpaired) electrons. The molecule has 2 amide bonds. The van der Waals surface area contributed by atoms with E-state index in [-0.39, 0.29) is 29.7 Å². The maximum absolute atomic E-state index is 13.9. The monoisotopic (exact) mass is 560 g/mol. The van der Waals surface area contributed by atoms with Gasteiger partial charge in [0.05, 0.1) is 11.7 Å². The number of carbonyl (C=O) groups is 3. The van der Waals surface area contributed by atoms with Crippen molar-refractivity contribution < 1.29 is 18.9 Å². The molecule has 2 aliphatic heterocycles. The first-order chi connectivity index (χ1) is 19.8. The minimum atomic E-state index is -0.533. The zero-order valence-electron chi connectivity index (χ0n) is 24.3. The van der Waals surface area contributed by atoms with Gasteiger partial charge in [0.25, 0.3) is 0 Å². The van der Waals surface area contributed by atoms with Gasteiger partial charge in [-0.05, 0) is 55.7 Å². The Balaban J connectivity index is 1.24. The predicted octanol–water partition coefficient (Wildman–Crippen LogP) is 4.10. The van der Waals surface area contributed by atoms with E-state index in [0.717, 1.165) is 55.5 Å². The fourth-order valence-electron chi connectivity index (χ4n) is 6.05. The number of rotatable bonds is 9. The molecule has 1 N–H and O–H groups in total. The summed E-state index contributed by atoms with van der Waals surface area (Å²) in [5, 5.41) is 11.6. The summed E-state index contributed by atoms with van der Waals surface area (Å²) in [4.78, 5) is 42.3. The molecule has 0 unspecified atom stereocenters. The summed E-state index contributed by atoms with van der Waals surface area (Å²) in [6, 6.07) is 11.2. The number of nitrogens with zero attached hydrogens (tertiary/aromatic N) is 5. The molecule has 2 aromatic heterocycles. The summed E-state index contributed by atoms with van der Waals surface area (Å²) in [7, 11) is 1.91. The van der Waals surface area contributed by atoms with Crippen molar-refractivity contribution in [3.63, 3.8) is 0 Å². The Hall–Kier alpha value is -3.95. The maximum atomic E-state index is 13.9. The molecular formula is C31H40N6O4. The molecule has 0 saturated carbocycles. The van der Waals surface area contributed by atoms with E-state index in [1.165, 1.54) is 0 Å². The molecule has 5 rings (SSSR count). The molecule has 10 heteroatoms. The van der Waals surface area contributed by atoms with Gasteiger partial charge >= 0.3 is 0 Å². The van der Waals surface area contributed by atoms with E-state index in [0.29, 0.717) is 24.5 Å². The van der Waals surface area contributed by atoms with E-state index in [1.807, 2.05) is 68.9 Å². The van der Waals surface area contributed by atoms with Crippen LogP contribution in [0.4, 0.5) is 5.82 Å². The van der Waals surface area contributed by atoms with E-state index < -0.39 is 12.0 Å². The van der Waals surface area contributed by atoms with Gasteiger partial charge in [-0.15, -0.1) is 0 Å². The number of likely N-dealkylation sites (tertiary alicyclic amines) is 1. The van der Waals surface area contributed by atoms with Crippen molar-refractivity contribution in [1.29, 1.82) is 0 Å². The summed E-state index contributed by atoms with van der Waals surface area (Å²) in [6.07, 6.45) is 5.77. The Morgan fingerprint density at radius 1 is 1.05 bits per heavy atom. The van der Waals surface area contributed by atoms with E-state index in [2.05, 4.69) is 20.5 Å². The van der Waals surface area contributed by atoms with Crippen molar-refractivity contribution in [2.24, 2.45) is 18.9 Å². The summed E-state index contributed by atoms with van der Waals surface area (Å²) in [5.74, 6) is 0.493. The molecule has 2 saturated heterocycles. The average molecular weight is 561 g/mol. The summed E-state index contributed by atoms with van der Waals surface area (Å²) < 4.78 is 7.55. The number of amides is 2. The van der Waals surface area contributed by atoms with Crippen molar-refractivity contribution >= 4 is 23.9 Å². The van der Waals surface area contributed by atoms with Gasteiger partial charge in [0.2, 0.25) is 11.8 Å². The number of aldehydes is 1. The molecule has 3 aromatic rings. The van der Waals surface area contributed by atoms with Crippen LogP contribution in [-0.2, 0) is 21.4 Å². The molecule has 1 aromatic carbocycles. The highest BCUT2D eigenvalue weighted by Crippen LogP contribution is 2.33. The lowest BCUT2D eigenvalue weighted by molar-refractivity contribution is -0.141. The number of aryl methyl sites for hydroxylation is 1. The van der Waals surface area contributed by atoms with Crippen LogP contribution in [0.25, 0.3) is 11.3 Å². The Kier molecular flexibility index (Phi) is 8.56. The van der Waals surface area contributed by atoms with Crippen LogP contribution >= 0.6 is 0 Å². The molecule has 218 valence electrons. The number of hydrogen-bond acceptors (Lipinski definition) is 7. The van der Waals surface area contributed by atoms with E-state index >= 15 is 0 Å². The van der Waals surface area contributed by atoms with Gasteiger partial charge in [-0.2, -0.15) is 5.10 Å². The molecule has 0 bridgehead atoms. The Morgan fingerprint density at radius 2 is 1.78 bits per heavy atom. The highest BCUT2D eigenvalue weighted by Gasteiger charge is 2.40. The normalized spacial score (nSPS) is 19.4. The third kappa shape index (κ3) is 6.06. The summed E-state index contributed by atoms with van der Waals surface area (Å²) in [6.45, 7) is 7.94. The van der Waals surface area contributed by atoms with Crippen molar-refractivity contribution in [1.82, 2.24) is 25.2 Å². The predicted molar refractivity (Wildman–Crippen MR) is 155 cm³/mol. The van der Waals surface area contributed by atoms with Gasteiger partial charge in [-0.3, -0.25) is 14.3 Å². The molecule has 10 nitrogen and oxygen atoms in total.